The van der Waals surface area contributed by atoms with Gasteiger partial charge in [0.25, 0.3) is 0 Å². The normalized spacial score (nSPS) is 11.2. The standard InChI is InChI=1S/C19H16S/c1-3-9-18-15(4-2)17-13-8-12-16(19(17)20-18)14-10-6-5-7-11-14/h3-13H,2H2,1H3/b9-3-. The number of hydrogen-bond donors (Lipinski definition) is 0. The largest absolute Gasteiger partial charge is 0.135 e. The topological polar surface area (TPSA) is 0 Å². The third-order valence-electron chi connectivity index (χ3n) is 3.39. The average molecular weight is 276 g/mol. The zero-order valence-corrected chi connectivity index (χ0v) is 12.3. The molecule has 0 saturated carbocycles. The molecule has 1 aromatic heterocycles. The van der Waals surface area contributed by atoms with Gasteiger partial charge in [-0.15, -0.1) is 11.3 Å². The Hall–Kier alpha value is -2.12. The van der Waals surface area contributed by atoms with E-state index in [-0.39, 0.29) is 0 Å². The van der Waals surface area contributed by atoms with Gasteiger partial charge in [0, 0.05) is 15.0 Å². The molecule has 0 fully saturated rings. The van der Waals surface area contributed by atoms with E-state index in [1.165, 1.54) is 31.7 Å². The van der Waals surface area contributed by atoms with Crippen LogP contribution in [0.3, 0.4) is 0 Å². The van der Waals surface area contributed by atoms with Crippen LogP contribution in [0.2, 0.25) is 0 Å². The number of benzene rings is 2. The molecule has 0 bridgehead atoms. The van der Waals surface area contributed by atoms with Gasteiger partial charge in [-0.25, -0.2) is 0 Å². The summed E-state index contributed by atoms with van der Waals surface area (Å²) in [5.41, 5.74) is 3.80. The van der Waals surface area contributed by atoms with E-state index in [9.17, 15) is 0 Å². The van der Waals surface area contributed by atoms with Crippen LogP contribution in [0, 0.1) is 0 Å². The predicted octanol–water partition coefficient (Wildman–Crippen LogP) is 6.24. The molecule has 0 unspecified atom stereocenters. The summed E-state index contributed by atoms with van der Waals surface area (Å²) >= 11 is 1.84. The summed E-state index contributed by atoms with van der Waals surface area (Å²) in [7, 11) is 0. The monoisotopic (exact) mass is 276 g/mol. The van der Waals surface area contributed by atoms with Crippen molar-refractivity contribution >= 4 is 33.6 Å². The maximum absolute atomic E-state index is 3.97. The van der Waals surface area contributed by atoms with Crippen LogP contribution in [-0.4, -0.2) is 0 Å². The fourth-order valence-electron chi connectivity index (χ4n) is 2.49. The SMILES string of the molecule is C=Cc1c(/C=C\C)sc2c(-c3ccccc3)cccc12. The van der Waals surface area contributed by atoms with Crippen molar-refractivity contribution in [2.24, 2.45) is 0 Å². The number of rotatable bonds is 3. The Kier molecular flexibility index (Phi) is 3.53. The van der Waals surface area contributed by atoms with Crippen molar-refractivity contribution < 1.29 is 0 Å². The van der Waals surface area contributed by atoms with Gasteiger partial charge in [-0.1, -0.05) is 67.3 Å². The molecule has 0 radical (unpaired) electrons. The highest BCUT2D eigenvalue weighted by atomic mass is 32.1. The fourth-order valence-corrected chi connectivity index (χ4v) is 3.80. The first-order valence-electron chi connectivity index (χ1n) is 6.71. The highest BCUT2D eigenvalue weighted by Gasteiger charge is 2.11. The molecule has 3 rings (SSSR count). The van der Waals surface area contributed by atoms with Gasteiger partial charge in [0.05, 0.1) is 0 Å². The molecule has 0 N–H and O–H groups in total. The summed E-state index contributed by atoms with van der Waals surface area (Å²) in [5, 5.41) is 1.29. The molecule has 3 aromatic rings. The van der Waals surface area contributed by atoms with Gasteiger partial charge in [-0.05, 0) is 29.7 Å². The minimum atomic E-state index is 1.24. The van der Waals surface area contributed by atoms with Crippen LogP contribution in [0.5, 0.6) is 0 Å². The first-order valence-corrected chi connectivity index (χ1v) is 7.53. The molecule has 20 heavy (non-hydrogen) atoms. The van der Waals surface area contributed by atoms with Gasteiger partial charge in [0.1, 0.15) is 0 Å². The van der Waals surface area contributed by atoms with Gasteiger partial charge in [-0.2, -0.15) is 0 Å². The average Bonchev–Trinajstić information content (AvgIpc) is 2.85. The summed E-state index contributed by atoms with van der Waals surface area (Å²) in [6, 6.07) is 17.1. The van der Waals surface area contributed by atoms with Gasteiger partial charge in [0.15, 0.2) is 0 Å². The molecule has 0 saturated heterocycles. The van der Waals surface area contributed by atoms with E-state index in [1.54, 1.807) is 0 Å². The molecule has 2 aromatic carbocycles. The smallest absolute Gasteiger partial charge is 0.0433 e. The van der Waals surface area contributed by atoms with E-state index < -0.39 is 0 Å². The van der Waals surface area contributed by atoms with Crippen molar-refractivity contribution in [1.82, 2.24) is 0 Å². The van der Waals surface area contributed by atoms with Crippen LogP contribution >= 0.6 is 11.3 Å². The minimum Gasteiger partial charge on any atom is -0.135 e. The van der Waals surface area contributed by atoms with Crippen molar-refractivity contribution in [3.8, 4) is 11.1 Å². The summed E-state index contributed by atoms with van der Waals surface area (Å²) < 4.78 is 1.33. The Labute approximate surface area is 123 Å². The van der Waals surface area contributed by atoms with Gasteiger partial charge in [-0.3, -0.25) is 0 Å². The maximum Gasteiger partial charge on any atom is 0.0433 e. The van der Waals surface area contributed by atoms with E-state index >= 15 is 0 Å². The second-order valence-electron chi connectivity index (χ2n) is 4.63. The van der Waals surface area contributed by atoms with E-state index in [0.29, 0.717) is 0 Å². The molecule has 0 amide bonds. The molecule has 0 atom stereocenters. The van der Waals surface area contributed by atoms with Crippen LogP contribution in [0.1, 0.15) is 17.4 Å². The molecule has 0 spiro atoms. The molecular formula is C19H16S. The molecule has 0 aliphatic heterocycles. The lowest BCUT2D eigenvalue weighted by atomic mass is 10.0. The molecule has 1 heterocycles. The van der Waals surface area contributed by atoms with Crippen LogP contribution in [-0.2, 0) is 0 Å². The lowest BCUT2D eigenvalue weighted by Crippen LogP contribution is -1.77. The van der Waals surface area contributed by atoms with Crippen LogP contribution < -0.4 is 0 Å². The summed E-state index contributed by atoms with van der Waals surface area (Å²) in [5.74, 6) is 0. The molecule has 1 heteroatoms. The number of thiophene rings is 1. The van der Waals surface area contributed by atoms with E-state index in [4.69, 9.17) is 0 Å². The van der Waals surface area contributed by atoms with Crippen molar-refractivity contribution in [2.45, 2.75) is 6.92 Å². The molecule has 0 nitrogen and oxygen atoms in total. The van der Waals surface area contributed by atoms with Crippen molar-refractivity contribution in [3.05, 3.63) is 71.6 Å². The van der Waals surface area contributed by atoms with Crippen LogP contribution in [0.4, 0.5) is 0 Å². The predicted molar refractivity (Wildman–Crippen MR) is 92.1 cm³/mol. The van der Waals surface area contributed by atoms with E-state index in [0.717, 1.165) is 0 Å². The first kappa shape index (κ1) is 12.9. The summed E-state index contributed by atoms with van der Waals surface area (Å²) in [6.07, 6.45) is 6.21. The highest BCUT2D eigenvalue weighted by Crippen LogP contribution is 2.39. The van der Waals surface area contributed by atoms with E-state index in [1.807, 2.05) is 17.4 Å². The second kappa shape index (κ2) is 5.48. The number of fused-ring (bicyclic) bond motifs is 1. The lowest BCUT2D eigenvalue weighted by molar-refractivity contribution is 1.67. The van der Waals surface area contributed by atoms with Crippen molar-refractivity contribution in [3.63, 3.8) is 0 Å². The maximum atomic E-state index is 3.97. The second-order valence-corrected chi connectivity index (χ2v) is 5.68. The lowest BCUT2D eigenvalue weighted by Gasteiger charge is -2.03. The Morgan fingerprint density at radius 2 is 1.80 bits per heavy atom. The Balaban J connectivity index is 2.33. The van der Waals surface area contributed by atoms with Crippen molar-refractivity contribution in [1.29, 1.82) is 0 Å². The third-order valence-corrected chi connectivity index (χ3v) is 4.61. The molecule has 0 aliphatic rings. The highest BCUT2D eigenvalue weighted by molar-refractivity contribution is 7.20. The summed E-state index contributed by atoms with van der Waals surface area (Å²) in [6.45, 7) is 6.02. The first-order chi connectivity index (χ1) is 9.85. The van der Waals surface area contributed by atoms with Crippen molar-refractivity contribution in [2.75, 3.05) is 0 Å². The van der Waals surface area contributed by atoms with Gasteiger partial charge >= 0.3 is 0 Å². The Bertz CT molecular complexity index is 776. The van der Waals surface area contributed by atoms with Crippen LogP contribution in [0.15, 0.2) is 61.2 Å². The fraction of sp³-hybridized carbons (Fsp3) is 0.0526. The molecular weight excluding hydrogens is 260 g/mol. The zero-order valence-electron chi connectivity index (χ0n) is 11.5. The minimum absolute atomic E-state index is 1.24. The zero-order chi connectivity index (χ0) is 13.9. The van der Waals surface area contributed by atoms with E-state index in [2.05, 4.69) is 74.2 Å². The summed E-state index contributed by atoms with van der Waals surface area (Å²) in [4.78, 5) is 1.28. The third kappa shape index (κ3) is 2.10. The van der Waals surface area contributed by atoms with Crippen LogP contribution in [0.25, 0.3) is 33.4 Å². The van der Waals surface area contributed by atoms with Gasteiger partial charge in [0.2, 0.25) is 0 Å². The Morgan fingerprint density at radius 3 is 2.50 bits per heavy atom. The number of allylic oxidation sites excluding steroid dienone is 1. The van der Waals surface area contributed by atoms with Gasteiger partial charge < -0.3 is 0 Å². The number of hydrogen-bond acceptors (Lipinski definition) is 1. The quantitative estimate of drug-likeness (QED) is 0.531. The molecule has 98 valence electrons. The molecule has 0 aliphatic carbocycles. The Morgan fingerprint density at radius 1 is 1.00 bits per heavy atom.